The molecule has 1 atom stereocenters. The molecule has 1 N–H and O–H groups in total. The third kappa shape index (κ3) is 3.32. The molecule has 104 valence electrons. The van der Waals surface area contributed by atoms with E-state index in [2.05, 4.69) is 18.7 Å². The van der Waals surface area contributed by atoms with Crippen LogP contribution in [0.2, 0.25) is 0 Å². The van der Waals surface area contributed by atoms with Gasteiger partial charge in [-0.15, -0.1) is 0 Å². The Morgan fingerprint density at radius 2 is 2.26 bits per heavy atom. The fourth-order valence-electron chi connectivity index (χ4n) is 2.68. The van der Waals surface area contributed by atoms with E-state index in [-0.39, 0.29) is 5.56 Å². The Hall–Kier alpha value is -1.42. The van der Waals surface area contributed by atoms with E-state index in [0.717, 1.165) is 25.6 Å². The summed E-state index contributed by atoms with van der Waals surface area (Å²) in [6.07, 6.45) is 1.15. The van der Waals surface area contributed by atoms with Crippen molar-refractivity contribution in [3.05, 3.63) is 35.1 Å². The average Bonchev–Trinajstić information content (AvgIpc) is 2.80. The van der Waals surface area contributed by atoms with Crippen molar-refractivity contribution in [2.45, 2.75) is 26.8 Å². The number of likely N-dealkylation sites (tertiary alicyclic amines) is 1. The molecule has 1 unspecified atom stereocenters. The van der Waals surface area contributed by atoms with E-state index >= 15 is 0 Å². The SMILES string of the molecule is CC(C)C1CCN(Cc2ccc(F)cc2C(=O)O)C1. The van der Waals surface area contributed by atoms with Crippen molar-refractivity contribution in [3.63, 3.8) is 0 Å². The fourth-order valence-corrected chi connectivity index (χ4v) is 2.68. The summed E-state index contributed by atoms with van der Waals surface area (Å²) >= 11 is 0. The van der Waals surface area contributed by atoms with Gasteiger partial charge in [0.05, 0.1) is 5.56 Å². The summed E-state index contributed by atoms with van der Waals surface area (Å²) in [6, 6.07) is 4.02. The first-order valence-electron chi connectivity index (χ1n) is 6.71. The number of halogens is 1. The molecule has 1 fully saturated rings. The Kier molecular flexibility index (Phi) is 4.20. The second-order valence-corrected chi connectivity index (χ2v) is 5.63. The Morgan fingerprint density at radius 3 is 2.84 bits per heavy atom. The molecule has 1 aromatic carbocycles. The summed E-state index contributed by atoms with van der Waals surface area (Å²) in [6.45, 7) is 7.00. The van der Waals surface area contributed by atoms with Gasteiger partial charge in [0.25, 0.3) is 0 Å². The molecule has 0 bridgehead atoms. The molecule has 0 radical (unpaired) electrons. The molecule has 0 amide bonds. The van der Waals surface area contributed by atoms with E-state index in [1.165, 1.54) is 6.07 Å². The van der Waals surface area contributed by atoms with Crippen LogP contribution in [-0.2, 0) is 6.54 Å². The number of aromatic carboxylic acids is 1. The topological polar surface area (TPSA) is 40.5 Å². The molecular formula is C15H20FNO2. The smallest absolute Gasteiger partial charge is 0.336 e. The van der Waals surface area contributed by atoms with Gasteiger partial charge in [0.1, 0.15) is 5.82 Å². The molecule has 4 heteroatoms. The van der Waals surface area contributed by atoms with Crippen LogP contribution < -0.4 is 0 Å². The lowest BCUT2D eigenvalue weighted by molar-refractivity contribution is 0.0694. The third-order valence-corrected chi connectivity index (χ3v) is 3.95. The lowest BCUT2D eigenvalue weighted by atomic mass is 9.95. The van der Waals surface area contributed by atoms with Crippen LogP contribution in [-0.4, -0.2) is 29.1 Å². The Bertz CT molecular complexity index is 473. The maximum Gasteiger partial charge on any atom is 0.336 e. The number of carboxylic acids is 1. The Morgan fingerprint density at radius 1 is 1.53 bits per heavy atom. The van der Waals surface area contributed by atoms with Gasteiger partial charge in [0.2, 0.25) is 0 Å². The van der Waals surface area contributed by atoms with Crippen molar-refractivity contribution in [1.82, 2.24) is 4.90 Å². The number of hydrogen-bond donors (Lipinski definition) is 1. The second kappa shape index (κ2) is 5.70. The molecule has 0 aliphatic carbocycles. The number of carbonyl (C=O) groups is 1. The number of nitrogens with zero attached hydrogens (tertiary/aromatic N) is 1. The highest BCUT2D eigenvalue weighted by Gasteiger charge is 2.25. The van der Waals surface area contributed by atoms with Crippen molar-refractivity contribution in [2.75, 3.05) is 13.1 Å². The Balaban J connectivity index is 2.10. The molecule has 0 saturated carbocycles. The summed E-state index contributed by atoms with van der Waals surface area (Å²) in [5.74, 6) is -0.234. The van der Waals surface area contributed by atoms with Crippen LogP contribution in [0.1, 0.15) is 36.2 Å². The number of carboxylic acid groups (broad SMARTS) is 1. The molecule has 1 heterocycles. The minimum atomic E-state index is -1.06. The average molecular weight is 265 g/mol. The van der Waals surface area contributed by atoms with Gasteiger partial charge in [-0.1, -0.05) is 19.9 Å². The standard InChI is InChI=1S/C15H20FNO2/c1-10(2)11-5-6-17(8-11)9-12-3-4-13(16)7-14(12)15(18)19/h3-4,7,10-11H,5-6,8-9H2,1-2H3,(H,18,19). The number of hydrogen-bond acceptors (Lipinski definition) is 2. The van der Waals surface area contributed by atoms with E-state index in [1.807, 2.05) is 0 Å². The van der Waals surface area contributed by atoms with Crippen LogP contribution >= 0.6 is 0 Å². The molecule has 1 aliphatic rings. The summed E-state index contributed by atoms with van der Waals surface area (Å²) < 4.78 is 13.1. The molecule has 3 nitrogen and oxygen atoms in total. The van der Waals surface area contributed by atoms with E-state index < -0.39 is 11.8 Å². The summed E-state index contributed by atoms with van der Waals surface area (Å²) in [7, 11) is 0. The first kappa shape index (κ1) is 14.0. The minimum absolute atomic E-state index is 0.0768. The van der Waals surface area contributed by atoms with Gasteiger partial charge in [-0.25, -0.2) is 9.18 Å². The van der Waals surface area contributed by atoms with E-state index in [0.29, 0.717) is 23.9 Å². The van der Waals surface area contributed by atoms with E-state index in [1.54, 1.807) is 6.07 Å². The van der Waals surface area contributed by atoms with E-state index in [9.17, 15) is 9.18 Å². The lowest BCUT2D eigenvalue weighted by Gasteiger charge is -2.18. The van der Waals surface area contributed by atoms with Gasteiger partial charge < -0.3 is 5.11 Å². The molecule has 1 aliphatic heterocycles. The zero-order chi connectivity index (χ0) is 14.0. The molecular weight excluding hydrogens is 245 g/mol. The second-order valence-electron chi connectivity index (χ2n) is 5.63. The van der Waals surface area contributed by atoms with Crippen molar-refractivity contribution in [3.8, 4) is 0 Å². The number of benzene rings is 1. The zero-order valence-electron chi connectivity index (χ0n) is 11.4. The molecule has 0 aromatic heterocycles. The molecule has 2 rings (SSSR count). The first-order chi connectivity index (χ1) is 8.97. The minimum Gasteiger partial charge on any atom is -0.478 e. The highest BCUT2D eigenvalue weighted by Crippen LogP contribution is 2.25. The predicted molar refractivity (Wildman–Crippen MR) is 71.6 cm³/mol. The highest BCUT2D eigenvalue weighted by atomic mass is 19.1. The van der Waals surface area contributed by atoms with Crippen molar-refractivity contribution < 1.29 is 14.3 Å². The monoisotopic (exact) mass is 265 g/mol. The van der Waals surface area contributed by atoms with Crippen LogP contribution in [0.4, 0.5) is 4.39 Å². The van der Waals surface area contributed by atoms with Crippen LogP contribution in [0.15, 0.2) is 18.2 Å². The van der Waals surface area contributed by atoms with Crippen molar-refractivity contribution in [1.29, 1.82) is 0 Å². The van der Waals surface area contributed by atoms with Gasteiger partial charge in [0.15, 0.2) is 0 Å². The fraction of sp³-hybridized carbons (Fsp3) is 0.533. The van der Waals surface area contributed by atoms with Gasteiger partial charge in [-0.3, -0.25) is 4.90 Å². The highest BCUT2D eigenvalue weighted by molar-refractivity contribution is 5.89. The Labute approximate surface area is 113 Å². The summed E-state index contributed by atoms with van der Waals surface area (Å²) in [4.78, 5) is 13.4. The summed E-state index contributed by atoms with van der Waals surface area (Å²) in [5.41, 5.74) is 0.770. The van der Waals surface area contributed by atoms with Crippen LogP contribution in [0, 0.1) is 17.7 Å². The normalized spacial score (nSPS) is 20.1. The third-order valence-electron chi connectivity index (χ3n) is 3.95. The zero-order valence-corrected chi connectivity index (χ0v) is 11.4. The maximum atomic E-state index is 13.1. The summed E-state index contributed by atoms with van der Waals surface area (Å²) in [5, 5.41) is 9.12. The van der Waals surface area contributed by atoms with Gasteiger partial charge >= 0.3 is 5.97 Å². The molecule has 1 saturated heterocycles. The largest absolute Gasteiger partial charge is 0.478 e. The van der Waals surface area contributed by atoms with E-state index in [4.69, 9.17) is 5.11 Å². The van der Waals surface area contributed by atoms with Gasteiger partial charge in [-0.2, -0.15) is 0 Å². The molecule has 19 heavy (non-hydrogen) atoms. The van der Waals surface area contributed by atoms with Crippen LogP contribution in [0.25, 0.3) is 0 Å². The molecule has 1 aromatic rings. The molecule has 0 spiro atoms. The van der Waals surface area contributed by atoms with Gasteiger partial charge in [-0.05, 0) is 42.5 Å². The lowest BCUT2D eigenvalue weighted by Crippen LogP contribution is -2.22. The number of rotatable bonds is 4. The quantitative estimate of drug-likeness (QED) is 0.909. The van der Waals surface area contributed by atoms with Crippen molar-refractivity contribution in [2.24, 2.45) is 11.8 Å². The van der Waals surface area contributed by atoms with Gasteiger partial charge in [0, 0.05) is 13.1 Å². The maximum absolute atomic E-state index is 13.1. The first-order valence-corrected chi connectivity index (χ1v) is 6.71. The predicted octanol–water partition coefficient (Wildman–Crippen LogP) is 3.00. The van der Waals surface area contributed by atoms with Crippen LogP contribution in [0.5, 0.6) is 0 Å². The van der Waals surface area contributed by atoms with Crippen LogP contribution in [0.3, 0.4) is 0 Å². The van der Waals surface area contributed by atoms with Crippen molar-refractivity contribution >= 4 is 5.97 Å².